The molecule has 3 rings (SSSR count). The van der Waals surface area contributed by atoms with Gasteiger partial charge in [-0.05, 0) is 36.9 Å². The summed E-state index contributed by atoms with van der Waals surface area (Å²) in [4.78, 5) is 12.0. The van der Waals surface area contributed by atoms with Crippen molar-refractivity contribution in [2.45, 2.75) is 37.7 Å². The Bertz CT molecular complexity index is 303. The van der Waals surface area contributed by atoms with Crippen LogP contribution in [-0.4, -0.2) is 34.7 Å². The van der Waals surface area contributed by atoms with Crippen LogP contribution in [0.1, 0.15) is 32.1 Å². The number of hydrogen-bond acceptors (Lipinski definition) is 3. The van der Waals surface area contributed by atoms with Gasteiger partial charge in [-0.25, -0.2) is 0 Å². The summed E-state index contributed by atoms with van der Waals surface area (Å²) in [5.41, 5.74) is -0.639. The van der Waals surface area contributed by atoms with Crippen LogP contribution in [0.5, 0.6) is 0 Å². The molecule has 3 nitrogen and oxygen atoms in total. The van der Waals surface area contributed by atoms with E-state index < -0.39 is 5.60 Å². The first kappa shape index (κ1) is 11.8. The molecular weight excluding hydrogens is 234 g/mol. The maximum Gasteiger partial charge on any atom is 0.223 e. The van der Waals surface area contributed by atoms with E-state index in [1.165, 1.54) is 25.7 Å². The minimum Gasteiger partial charge on any atom is -0.387 e. The summed E-state index contributed by atoms with van der Waals surface area (Å²) in [6.45, 7) is 0.453. The fourth-order valence-corrected chi connectivity index (χ4v) is 4.78. The second-order valence-electron chi connectivity index (χ2n) is 5.88. The average molecular weight is 255 g/mol. The average Bonchev–Trinajstić information content (AvgIpc) is 2.92. The maximum absolute atomic E-state index is 12.0. The Labute approximate surface area is 107 Å². The van der Waals surface area contributed by atoms with Gasteiger partial charge in [-0.3, -0.25) is 4.79 Å². The number of carbonyl (C=O) groups is 1. The van der Waals surface area contributed by atoms with Gasteiger partial charge in [-0.2, -0.15) is 11.8 Å². The number of amides is 1. The predicted molar refractivity (Wildman–Crippen MR) is 68.8 cm³/mol. The SMILES string of the molecule is O=C(NCC1(O)CCSC1)C1C2CCCCC21. The molecule has 3 aliphatic rings. The van der Waals surface area contributed by atoms with E-state index in [0.717, 1.165) is 17.9 Å². The van der Waals surface area contributed by atoms with Crippen molar-refractivity contribution < 1.29 is 9.90 Å². The van der Waals surface area contributed by atoms with Crippen LogP contribution in [0, 0.1) is 17.8 Å². The summed E-state index contributed by atoms with van der Waals surface area (Å²) in [7, 11) is 0. The molecule has 17 heavy (non-hydrogen) atoms. The third-order valence-electron chi connectivity index (χ3n) is 4.63. The van der Waals surface area contributed by atoms with E-state index in [4.69, 9.17) is 0 Å². The molecule has 1 saturated heterocycles. The van der Waals surface area contributed by atoms with Gasteiger partial charge in [0.25, 0.3) is 0 Å². The Kier molecular flexibility index (Phi) is 3.11. The second-order valence-corrected chi connectivity index (χ2v) is 6.99. The number of thioether (sulfide) groups is 1. The maximum atomic E-state index is 12.0. The van der Waals surface area contributed by atoms with Crippen molar-refractivity contribution in [3.63, 3.8) is 0 Å². The van der Waals surface area contributed by atoms with Gasteiger partial charge in [0, 0.05) is 18.2 Å². The zero-order valence-electron chi connectivity index (χ0n) is 10.2. The molecule has 3 unspecified atom stereocenters. The number of aliphatic hydroxyl groups is 1. The fraction of sp³-hybridized carbons (Fsp3) is 0.923. The molecule has 0 aromatic carbocycles. The normalized spacial score (nSPS) is 44.2. The van der Waals surface area contributed by atoms with Crippen LogP contribution >= 0.6 is 11.8 Å². The molecule has 96 valence electrons. The van der Waals surface area contributed by atoms with E-state index in [1.807, 2.05) is 0 Å². The Morgan fingerprint density at radius 1 is 1.35 bits per heavy atom. The van der Waals surface area contributed by atoms with Crippen molar-refractivity contribution in [1.29, 1.82) is 0 Å². The minimum atomic E-state index is -0.639. The van der Waals surface area contributed by atoms with E-state index in [9.17, 15) is 9.90 Å². The summed E-state index contributed by atoms with van der Waals surface area (Å²) >= 11 is 1.78. The summed E-state index contributed by atoms with van der Waals surface area (Å²) in [5.74, 6) is 3.58. The van der Waals surface area contributed by atoms with Gasteiger partial charge >= 0.3 is 0 Å². The first-order valence-electron chi connectivity index (χ1n) is 6.77. The number of hydrogen-bond donors (Lipinski definition) is 2. The van der Waals surface area contributed by atoms with E-state index in [1.54, 1.807) is 11.8 Å². The first-order valence-corrected chi connectivity index (χ1v) is 7.93. The van der Waals surface area contributed by atoms with Gasteiger partial charge < -0.3 is 10.4 Å². The molecule has 0 aromatic rings. The van der Waals surface area contributed by atoms with E-state index in [-0.39, 0.29) is 11.8 Å². The van der Waals surface area contributed by atoms with Crippen molar-refractivity contribution in [3.05, 3.63) is 0 Å². The standard InChI is InChI=1S/C13H21NO2S/c15-12(11-9-3-1-2-4-10(9)11)14-7-13(16)5-6-17-8-13/h9-11,16H,1-8H2,(H,14,15). The zero-order valence-corrected chi connectivity index (χ0v) is 11.0. The van der Waals surface area contributed by atoms with Gasteiger partial charge in [0.15, 0.2) is 0 Å². The molecule has 3 fully saturated rings. The van der Waals surface area contributed by atoms with Crippen LogP contribution in [0.3, 0.4) is 0 Å². The Morgan fingerprint density at radius 2 is 2.06 bits per heavy atom. The minimum absolute atomic E-state index is 0.201. The summed E-state index contributed by atoms with van der Waals surface area (Å²) in [6.07, 6.45) is 5.89. The topological polar surface area (TPSA) is 49.3 Å². The van der Waals surface area contributed by atoms with E-state index in [0.29, 0.717) is 18.4 Å². The molecular formula is C13H21NO2S. The highest BCUT2D eigenvalue weighted by atomic mass is 32.2. The number of carbonyl (C=O) groups excluding carboxylic acids is 1. The highest BCUT2D eigenvalue weighted by Crippen LogP contribution is 2.55. The number of nitrogens with one attached hydrogen (secondary N) is 1. The lowest BCUT2D eigenvalue weighted by Crippen LogP contribution is -2.43. The predicted octanol–water partition coefficient (Wildman–Crippen LogP) is 1.41. The lowest BCUT2D eigenvalue weighted by molar-refractivity contribution is -0.124. The largest absolute Gasteiger partial charge is 0.387 e. The molecule has 0 bridgehead atoms. The van der Waals surface area contributed by atoms with Crippen molar-refractivity contribution in [1.82, 2.24) is 5.32 Å². The number of rotatable bonds is 3. The van der Waals surface area contributed by atoms with Crippen molar-refractivity contribution in [2.75, 3.05) is 18.1 Å². The monoisotopic (exact) mass is 255 g/mol. The van der Waals surface area contributed by atoms with Gasteiger partial charge in [0.2, 0.25) is 5.91 Å². The molecule has 3 atom stereocenters. The summed E-state index contributed by atoms with van der Waals surface area (Å²) in [6, 6.07) is 0. The fourth-order valence-electron chi connectivity index (χ4n) is 3.49. The van der Waals surface area contributed by atoms with E-state index in [2.05, 4.69) is 5.32 Å². The van der Waals surface area contributed by atoms with Crippen LogP contribution in [0.25, 0.3) is 0 Å². The van der Waals surface area contributed by atoms with Crippen LogP contribution in [0.15, 0.2) is 0 Å². The van der Waals surface area contributed by atoms with Crippen LogP contribution in [-0.2, 0) is 4.79 Å². The molecule has 0 spiro atoms. The third kappa shape index (κ3) is 2.34. The molecule has 0 radical (unpaired) electrons. The van der Waals surface area contributed by atoms with Gasteiger partial charge in [0.1, 0.15) is 0 Å². The second kappa shape index (κ2) is 4.47. The van der Waals surface area contributed by atoms with Crippen molar-refractivity contribution in [3.8, 4) is 0 Å². The molecule has 1 heterocycles. The van der Waals surface area contributed by atoms with E-state index >= 15 is 0 Å². The van der Waals surface area contributed by atoms with Gasteiger partial charge in [-0.1, -0.05) is 12.8 Å². The lowest BCUT2D eigenvalue weighted by atomic mass is 10.0. The molecule has 2 N–H and O–H groups in total. The number of fused-ring (bicyclic) bond motifs is 1. The summed E-state index contributed by atoms with van der Waals surface area (Å²) < 4.78 is 0. The highest BCUT2D eigenvalue weighted by Gasteiger charge is 2.54. The molecule has 2 aliphatic carbocycles. The van der Waals surface area contributed by atoms with Crippen molar-refractivity contribution >= 4 is 17.7 Å². The Hall–Kier alpha value is -0.220. The molecule has 4 heteroatoms. The Morgan fingerprint density at radius 3 is 2.65 bits per heavy atom. The quantitative estimate of drug-likeness (QED) is 0.801. The highest BCUT2D eigenvalue weighted by molar-refractivity contribution is 7.99. The van der Waals surface area contributed by atoms with Gasteiger partial charge in [0.05, 0.1) is 5.60 Å². The summed E-state index contributed by atoms with van der Waals surface area (Å²) in [5, 5.41) is 13.1. The third-order valence-corrected chi connectivity index (χ3v) is 5.87. The first-order chi connectivity index (χ1) is 8.20. The molecule has 1 amide bonds. The smallest absolute Gasteiger partial charge is 0.223 e. The van der Waals surface area contributed by atoms with Crippen LogP contribution < -0.4 is 5.32 Å². The zero-order chi connectivity index (χ0) is 11.9. The van der Waals surface area contributed by atoms with Crippen LogP contribution in [0.4, 0.5) is 0 Å². The van der Waals surface area contributed by atoms with Crippen molar-refractivity contribution in [2.24, 2.45) is 17.8 Å². The van der Waals surface area contributed by atoms with Gasteiger partial charge in [-0.15, -0.1) is 0 Å². The molecule has 1 aliphatic heterocycles. The molecule has 2 saturated carbocycles. The Balaban J connectivity index is 1.48. The lowest BCUT2D eigenvalue weighted by Gasteiger charge is -2.21. The molecule has 0 aromatic heterocycles. The van der Waals surface area contributed by atoms with Crippen LogP contribution in [0.2, 0.25) is 0 Å².